The summed E-state index contributed by atoms with van der Waals surface area (Å²) in [6, 6.07) is 0. The average molecular weight is 882 g/mol. The molecule has 0 heterocycles. The summed E-state index contributed by atoms with van der Waals surface area (Å²) < 4.78 is 483. The predicted octanol–water partition coefficient (Wildman–Crippen LogP) is 11.1. The van der Waals surface area contributed by atoms with Gasteiger partial charge in [0.05, 0.1) is 0 Å². The lowest BCUT2D eigenvalue weighted by Gasteiger charge is -2.48. The van der Waals surface area contributed by atoms with Crippen LogP contribution >= 0.6 is 0 Å². The van der Waals surface area contributed by atoms with Crippen molar-refractivity contribution < 1.29 is 154 Å². The Morgan fingerprint density at radius 3 is 0.321 bits per heavy atom. The molecule has 0 unspecified atom stereocenters. The summed E-state index contributed by atoms with van der Waals surface area (Å²) in [7, 11) is 0. The van der Waals surface area contributed by atoms with Gasteiger partial charge in [-0.1, -0.05) is 0 Å². The molecule has 1 aliphatic carbocycles. The highest BCUT2D eigenvalue weighted by molar-refractivity contribution is 5.24. The van der Waals surface area contributed by atoms with Gasteiger partial charge in [0, 0.05) is 0 Å². The second kappa shape index (κ2) is 11.1. The first-order valence-corrected chi connectivity index (χ1v) is 11.2. The Labute approximate surface area is 262 Å². The van der Waals surface area contributed by atoms with Crippen LogP contribution in [0.4, 0.5) is 154 Å². The number of halogens is 35. The van der Waals surface area contributed by atoms with Gasteiger partial charge in [-0.2, -0.15) is 149 Å². The third kappa shape index (κ3) is 4.75. The molecule has 0 N–H and O–H groups in total. The van der Waals surface area contributed by atoms with Gasteiger partial charge in [-0.3, -0.25) is 0 Å². The van der Waals surface area contributed by atoms with E-state index in [1.807, 2.05) is 0 Å². The van der Waals surface area contributed by atoms with E-state index in [1.54, 1.807) is 0 Å². The van der Waals surface area contributed by atoms with Crippen molar-refractivity contribution in [1.29, 1.82) is 0 Å². The van der Waals surface area contributed by atoms with Crippen LogP contribution in [0.3, 0.4) is 0 Å². The molecule has 0 atom stereocenters. The second-order valence-electron chi connectivity index (χ2n) is 10.2. The van der Waals surface area contributed by atoms with Gasteiger partial charge in [0.25, 0.3) is 0 Å². The van der Waals surface area contributed by atoms with E-state index in [0.717, 1.165) is 0 Å². The Kier molecular flexibility index (Phi) is 10.2. The molecule has 1 aliphatic rings. The molecule has 1 fully saturated rings. The smallest absolute Gasteiger partial charge is 0.234 e. The van der Waals surface area contributed by atoms with E-state index in [4.69, 9.17) is 0 Å². The SMILES string of the molecule is FC1C(F)(F)C(F)(F)C(F)(F)C(F)(F)C(F)(F)C(F)(F)C(F)(F)C(F)(F)C(F)(F)C(F)(F)C(F)(F)C(F)(F)C(F)(F)C(F)(F)C(F)(F)C(F)(F)C1(F)F. The van der Waals surface area contributed by atoms with Gasteiger partial charge in [-0.25, -0.2) is 4.39 Å². The number of rotatable bonds is 0. The van der Waals surface area contributed by atoms with E-state index in [0.29, 0.717) is 0 Å². The Morgan fingerprint density at radius 1 is 0.151 bits per heavy atom. The fraction of sp³-hybridized carbons (Fsp3) is 1.00. The molecule has 0 spiro atoms. The molecule has 0 aromatic rings. The van der Waals surface area contributed by atoms with Crippen molar-refractivity contribution in [1.82, 2.24) is 0 Å². The van der Waals surface area contributed by atoms with Crippen LogP contribution in [0.25, 0.3) is 0 Å². The number of alkyl halides is 35. The van der Waals surface area contributed by atoms with Crippen molar-refractivity contribution >= 4 is 0 Å². The van der Waals surface area contributed by atoms with E-state index < -0.39 is 107 Å². The molecule has 0 amide bonds. The van der Waals surface area contributed by atoms with Crippen molar-refractivity contribution in [2.24, 2.45) is 0 Å². The Balaban J connectivity index is 4.86. The minimum absolute atomic E-state index is 8.35. The van der Waals surface area contributed by atoms with E-state index in [-0.39, 0.29) is 0 Å². The minimum Gasteiger partial charge on any atom is -0.234 e. The van der Waals surface area contributed by atoms with Crippen molar-refractivity contribution in [3.63, 3.8) is 0 Å². The Bertz CT molecular complexity index is 1290. The largest absolute Gasteiger partial charge is 0.385 e. The highest BCUT2D eigenvalue weighted by atomic mass is 19.4. The summed E-state index contributed by atoms with van der Waals surface area (Å²) in [5.74, 6) is -172. The van der Waals surface area contributed by atoms with E-state index in [2.05, 4.69) is 0 Å². The van der Waals surface area contributed by atoms with Crippen LogP contribution < -0.4 is 0 Å². The fourth-order valence-electron chi connectivity index (χ4n) is 3.53. The Hall–Kier alpha value is -2.45. The van der Waals surface area contributed by atoms with Crippen LogP contribution in [-0.2, 0) is 0 Å². The summed E-state index contributed by atoms with van der Waals surface area (Å²) in [6.45, 7) is 0. The maximum atomic E-state index is 13.8. The molecule has 0 saturated heterocycles. The molecule has 0 aromatic carbocycles. The van der Waals surface area contributed by atoms with Gasteiger partial charge in [0.15, 0.2) is 0 Å². The van der Waals surface area contributed by atoms with Crippen LogP contribution in [0.2, 0.25) is 0 Å². The molecule has 0 nitrogen and oxygen atoms in total. The fourth-order valence-corrected chi connectivity index (χ4v) is 3.53. The molecule has 53 heavy (non-hydrogen) atoms. The van der Waals surface area contributed by atoms with E-state index in [9.17, 15) is 154 Å². The summed E-state index contributed by atoms with van der Waals surface area (Å²) in [4.78, 5) is 0. The molecule has 0 aromatic heterocycles. The van der Waals surface area contributed by atoms with Gasteiger partial charge in [0.1, 0.15) is 0 Å². The first kappa shape index (κ1) is 48.6. The number of hydrogen-bond acceptors (Lipinski definition) is 0. The predicted molar refractivity (Wildman–Crippen MR) is 89.0 cm³/mol. The van der Waals surface area contributed by atoms with E-state index >= 15 is 0 Å². The molecular weight excluding hydrogens is 881 g/mol. The van der Waals surface area contributed by atoms with Crippen LogP contribution in [0.15, 0.2) is 0 Å². The first-order valence-electron chi connectivity index (χ1n) is 11.2. The summed E-state index contributed by atoms with van der Waals surface area (Å²) in [5, 5.41) is 0. The van der Waals surface area contributed by atoms with Gasteiger partial charge in [-0.15, -0.1) is 0 Å². The van der Waals surface area contributed by atoms with Crippen LogP contribution in [-0.4, -0.2) is 107 Å². The molecule has 0 aliphatic heterocycles. The van der Waals surface area contributed by atoms with Crippen LogP contribution in [0.5, 0.6) is 0 Å². The summed E-state index contributed by atoms with van der Waals surface area (Å²) in [6.07, 6.45) is -8.35. The van der Waals surface area contributed by atoms with Gasteiger partial charge >= 0.3 is 101 Å². The molecule has 1 rings (SSSR count). The lowest BCUT2D eigenvalue weighted by molar-refractivity contribution is -0.496. The maximum absolute atomic E-state index is 13.8. The molecule has 0 bridgehead atoms. The second-order valence-corrected chi connectivity index (χ2v) is 10.2. The van der Waals surface area contributed by atoms with E-state index in [1.165, 1.54) is 0 Å². The lowest BCUT2D eigenvalue weighted by atomic mass is 9.80. The normalized spacial score (nSPS) is 33.8. The van der Waals surface area contributed by atoms with Crippen LogP contribution in [0, 0.1) is 0 Å². The quantitative estimate of drug-likeness (QED) is 0.213. The zero-order valence-corrected chi connectivity index (χ0v) is 22.3. The zero-order valence-electron chi connectivity index (χ0n) is 22.3. The standard InChI is InChI=1S/C18HF35/c19-1-2(20,21)4(24,25)6(28,29)8(32,33)10(36,37)12(40,41)14(44,45)16(48,49)18(52,53)17(50,51)15(46,47)13(42,43)11(38,39)9(34,35)7(30,31)5(26,27)3(1,22)23/h1H. The minimum atomic E-state index is -10.3. The van der Waals surface area contributed by atoms with Gasteiger partial charge in [-0.05, 0) is 0 Å². The third-order valence-electron chi connectivity index (χ3n) is 6.99. The lowest BCUT2D eigenvalue weighted by Crippen LogP contribution is -2.81. The topological polar surface area (TPSA) is 0 Å². The van der Waals surface area contributed by atoms with Crippen LogP contribution in [0.1, 0.15) is 0 Å². The van der Waals surface area contributed by atoms with Gasteiger partial charge < -0.3 is 0 Å². The van der Waals surface area contributed by atoms with Crippen molar-refractivity contribution in [3.8, 4) is 0 Å². The highest BCUT2D eigenvalue weighted by Gasteiger charge is 3.03. The molecule has 0 radical (unpaired) electrons. The molecule has 35 heteroatoms. The van der Waals surface area contributed by atoms with Crippen molar-refractivity contribution in [2.75, 3.05) is 0 Å². The summed E-state index contributed by atoms with van der Waals surface area (Å²) in [5.41, 5.74) is 0. The zero-order chi connectivity index (χ0) is 44.1. The first-order chi connectivity index (χ1) is 22.2. The molecule has 1 saturated carbocycles. The summed E-state index contributed by atoms with van der Waals surface area (Å²) >= 11 is 0. The molecule has 318 valence electrons. The maximum Gasteiger partial charge on any atom is 0.385 e. The molecular formula is C18HF35. The highest BCUT2D eigenvalue weighted by Crippen LogP contribution is 2.71. The average Bonchev–Trinajstić information content (AvgIpc) is 2.94. The van der Waals surface area contributed by atoms with Gasteiger partial charge in [0.2, 0.25) is 6.17 Å². The van der Waals surface area contributed by atoms with Crippen molar-refractivity contribution in [3.05, 3.63) is 0 Å². The Morgan fingerprint density at radius 2 is 0.226 bits per heavy atom. The third-order valence-corrected chi connectivity index (χ3v) is 6.99. The van der Waals surface area contributed by atoms with Crippen molar-refractivity contribution in [2.45, 2.75) is 107 Å². The number of hydrogen-bond donors (Lipinski definition) is 0. The monoisotopic (exact) mass is 882 g/mol.